The Bertz CT molecular complexity index is 364. The van der Waals surface area contributed by atoms with Crippen LogP contribution in [0.3, 0.4) is 0 Å². The highest BCUT2D eigenvalue weighted by molar-refractivity contribution is 9.10. The molecule has 0 unspecified atom stereocenters. The maximum atomic E-state index is 9.00. The predicted molar refractivity (Wildman–Crippen MR) is 54.3 cm³/mol. The molecule has 1 aliphatic heterocycles. The van der Waals surface area contributed by atoms with Crippen LogP contribution in [-0.4, -0.2) is 24.0 Å². The highest BCUT2D eigenvalue weighted by Gasteiger charge is 2.32. The Labute approximate surface area is 90.4 Å². The first-order valence-corrected chi connectivity index (χ1v) is 5.14. The molecule has 14 heavy (non-hydrogen) atoms. The lowest BCUT2D eigenvalue weighted by atomic mass is 10.1. The van der Waals surface area contributed by atoms with Gasteiger partial charge in [-0.15, -0.1) is 0 Å². The molecule has 0 amide bonds. The van der Waals surface area contributed by atoms with E-state index in [9.17, 15) is 0 Å². The van der Waals surface area contributed by atoms with Crippen molar-refractivity contribution in [3.8, 4) is 6.07 Å². The number of likely N-dealkylation sites (tertiary alicyclic amines) is 1. The molecule has 0 aliphatic carbocycles. The summed E-state index contributed by atoms with van der Waals surface area (Å²) in [6.07, 6.45) is 0. The molecule has 1 aliphatic rings. The Kier molecular flexibility index (Phi) is 2.59. The molecule has 0 saturated carbocycles. The van der Waals surface area contributed by atoms with Gasteiger partial charge in [0.25, 0.3) is 0 Å². The van der Waals surface area contributed by atoms with Crippen molar-refractivity contribution in [2.45, 2.75) is 12.1 Å². The quantitative estimate of drug-likeness (QED) is 0.864. The standard InChI is InChI=1S/C9H10BrN3O/c10-9-2-1-8(14-9)7(3-11)13-4-6(12)5-13/h1-2,6-7H,4-5,12H2/t7-/m1/s1. The van der Waals surface area contributed by atoms with Crippen LogP contribution in [0.15, 0.2) is 21.2 Å². The second-order valence-electron chi connectivity index (χ2n) is 3.39. The first kappa shape index (κ1) is 9.71. The van der Waals surface area contributed by atoms with Crippen molar-refractivity contribution in [1.82, 2.24) is 4.90 Å². The van der Waals surface area contributed by atoms with Crippen LogP contribution < -0.4 is 5.73 Å². The molecule has 0 bridgehead atoms. The molecule has 1 atom stereocenters. The number of hydrogen-bond donors (Lipinski definition) is 1. The van der Waals surface area contributed by atoms with Gasteiger partial charge in [-0.25, -0.2) is 0 Å². The molecule has 0 spiro atoms. The summed E-state index contributed by atoms with van der Waals surface area (Å²) in [5.74, 6) is 0.672. The van der Waals surface area contributed by atoms with E-state index in [1.165, 1.54) is 0 Å². The molecule has 1 saturated heterocycles. The minimum absolute atomic E-state index is 0.198. The Balaban J connectivity index is 2.11. The average molecular weight is 256 g/mol. The van der Waals surface area contributed by atoms with Crippen LogP contribution in [0.25, 0.3) is 0 Å². The number of hydrogen-bond acceptors (Lipinski definition) is 4. The summed E-state index contributed by atoms with van der Waals surface area (Å²) in [5.41, 5.74) is 5.65. The second-order valence-corrected chi connectivity index (χ2v) is 4.17. The molecule has 2 rings (SSSR count). The Hall–Kier alpha value is -0.830. The lowest BCUT2D eigenvalue weighted by molar-refractivity contribution is 0.109. The van der Waals surface area contributed by atoms with E-state index in [4.69, 9.17) is 15.4 Å². The number of nitrogens with two attached hydrogens (primary N) is 1. The summed E-state index contributed by atoms with van der Waals surface area (Å²) in [5, 5.41) is 9.00. The van der Waals surface area contributed by atoms with Crippen LogP contribution >= 0.6 is 15.9 Å². The van der Waals surface area contributed by atoms with Crippen molar-refractivity contribution in [1.29, 1.82) is 5.26 Å². The zero-order valence-corrected chi connectivity index (χ0v) is 9.07. The van der Waals surface area contributed by atoms with Gasteiger partial charge in [-0.3, -0.25) is 4.90 Å². The zero-order valence-electron chi connectivity index (χ0n) is 7.48. The summed E-state index contributed by atoms with van der Waals surface area (Å²) >= 11 is 3.21. The van der Waals surface area contributed by atoms with Crippen LogP contribution in [-0.2, 0) is 0 Å². The fourth-order valence-corrected chi connectivity index (χ4v) is 1.88. The molecule has 0 aromatic carbocycles. The molecule has 5 heteroatoms. The van der Waals surface area contributed by atoms with Gasteiger partial charge in [-0.1, -0.05) is 0 Å². The van der Waals surface area contributed by atoms with E-state index in [1.807, 2.05) is 11.0 Å². The Morgan fingerprint density at radius 1 is 1.64 bits per heavy atom. The number of furan rings is 1. The first-order valence-electron chi connectivity index (χ1n) is 4.35. The van der Waals surface area contributed by atoms with E-state index in [-0.39, 0.29) is 12.1 Å². The third-order valence-electron chi connectivity index (χ3n) is 2.29. The van der Waals surface area contributed by atoms with Gasteiger partial charge in [0.15, 0.2) is 10.7 Å². The molecule has 1 fully saturated rings. The third-order valence-corrected chi connectivity index (χ3v) is 2.72. The van der Waals surface area contributed by atoms with Crippen LogP contribution in [0.2, 0.25) is 0 Å². The van der Waals surface area contributed by atoms with E-state index in [0.29, 0.717) is 10.4 Å². The number of nitriles is 1. The molecule has 1 aromatic heterocycles. The molecule has 4 nitrogen and oxygen atoms in total. The van der Waals surface area contributed by atoms with Crippen LogP contribution in [0, 0.1) is 11.3 Å². The van der Waals surface area contributed by atoms with Crippen LogP contribution in [0.4, 0.5) is 0 Å². The van der Waals surface area contributed by atoms with Gasteiger partial charge in [-0.05, 0) is 28.1 Å². The lowest BCUT2D eigenvalue weighted by Crippen LogP contribution is -2.56. The summed E-state index contributed by atoms with van der Waals surface area (Å²) in [4.78, 5) is 2.00. The van der Waals surface area contributed by atoms with E-state index in [2.05, 4.69) is 22.0 Å². The number of halogens is 1. The highest BCUT2D eigenvalue weighted by atomic mass is 79.9. The predicted octanol–water partition coefficient (Wildman–Crippen LogP) is 1.25. The van der Waals surface area contributed by atoms with E-state index < -0.39 is 0 Å². The minimum Gasteiger partial charge on any atom is -0.452 e. The topological polar surface area (TPSA) is 66.2 Å². The summed E-state index contributed by atoms with van der Waals surface area (Å²) in [7, 11) is 0. The monoisotopic (exact) mass is 255 g/mol. The number of rotatable bonds is 2. The van der Waals surface area contributed by atoms with Crippen LogP contribution in [0.1, 0.15) is 11.8 Å². The normalized spacial score (nSPS) is 20.1. The fraction of sp³-hybridized carbons (Fsp3) is 0.444. The smallest absolute Gasteiger partial charge is 0.169 e. The minimum atomic E-state index is -0.305. The lowest BCUT2D eigenvalue weighted by Gasteiger charge is -2.38. The van der Waals surface area contributed by atoms with Gasteiger partial charge in [0.2, 0.25) is 0 Å². The largest absolute Gasteiger partial charge is 0.452 e. The fourth-order valence-electron chi connectivity index (χ4n) is 1.56. The van der Waals surface area contributed by atoms with Crippen molar-refractivity contribution in [2.75, 3.05) is 13.1 Å². The zero-order chi connectivity index (χ0) is 10.1. The molecule has 2 heterocycles. The summed E-state index contributed by atoms with van der Waals surface area (Å²) < 4.78 is 5.99. The molecule has 2 N–H and O–H groups in total. The molecule has 0 radical (unpaired) electrons. The van der Waals surface area contributed by atoms with Gasteiger partial charge in [0.05, 0.1) is 6.07 Å². The average Bonchev–Trinajstić information content (AvgIpc) is 2.50. The van der Waals surface area contributed by atoms with Crippen molar-refractivity contribution in [3.05, 3.63) is 22.6 Å². The molecule has 1 aromatic rings. The van der Waals surface area contributed by atoms with Crippen molar-refractivity contribution < 1.29 is 4.42 Å². The second kappa shape index (κ2) is 3.73. The van der Waals surface area contributed by atoms with Crippen LogP contribution in [0.5, 0.6) is 0 Å². The highest BCUT2D eigenvalue weighted by Crippen LogP contribution is 2.27. The summed E-state index contributed by atoms with van der Waals surface area (Å²) in [6.45, 7) is 1.52. The van der Waals surface area contributed by atoms with E-state index >= 15 is 0 Å². The summed E-state index contributed by atoms with van der Waals surface area (Å²) in [6, 6.07) is 5.70. The Morgan fingerprint density at radius 3 is 2.79 bits per heavy atom. The van der Waals surface area contributed by atoms with Gasteiger partial charge >= 0.3 is 0 Å². The van der Waals surface area contributed by atoms with E-state index in [1.54, 1.807) is 6.07 Å². The van der Waals surface area contributed by atoms with Gasteiger partial charge in [-0.2, -0.15) is 5.26 Å². The van der Waals surface area contributed by atoms with Gasteiger partial charge in [0.1, 0.15) is 5.76 Å². The third kappa shape index (κ3) is 1.69. The maximum Gasteiger partial charge on any atom is 0.169 e. The van der Waals surface area contributed by atoms with Crippen molar-refractivity contribution in [2.24, 2.45) is 5.73 Å². The molecular weight excluding hydrogens is 246 g/mol. The number of nitrogens with zero attached hydrogens (tertiary/aromatic N) is 2. The van der Waals surface area contributed by atoms with Gasteiger partial charge < -0.3 is 10.2 Å². The molecule has 74 valence electrons. The van der Waals surface area contributed by atoms with Crippen molar-refractivity contribution in [3.63, 3.8) is 0 Å². The van der Waals surface area contributed by atoms with Crippen molar-refractivity contribution >= 4 is 15.9 Å². The maximum absolute atomic E-state index is 9.00. The van der Waals surface area contributed by atoms with Gasteiger partial charge in [0, 0.05) is 19.1 Å². The molecular formula is C9H10BrN3O. The first-order chi connectivity index (χ1) is 6.70. The Morgan fingerprint density at radius 2 is 2.36 bits per heavy atom. The van der Waals surface area contributed by atoms with E-state index in [0.717, 1.165) is 13.1 Å². The SMILES string of the molecule is N#C[C@H](c1ccc(Br)o1)N1CC(N)C1.